The highest BCUT2D eigenvalue weighted by Crippen LogP contribution is 1.97. The van der Waals surface area contributed by atoms with Gasteiger partial charge in [0.05, 0.1) is 6.54 Å². The van der Waals surface area contributed by atoms with Gasteiger partial charge in [0.25, 0.3) is 0 Å². The van der Waals surface area contributed by atoms with Crippen LogP contribution in [0.15, 0.2) is 34.6 Å². The Kier molecular flexibility index (Phi) is 3.63. The number of rotatable bonds is 3. The topological polar surface area (TPSA) is 49.6 Å². The minimum atomic E-state index is 0.636. The lowest BCUT2D eigenvalue weighted by Gasteiger charge is -1.98. The number of amidine groups is 1. The number of hydrogen-bond acceptors (Lipinski definition) is 3. The van der Waals surface area contributed by atoms with Gasteiger partial charge in [-0.25, -0.2) is 0 Å². The normalized spacial score (nSPS) is 11.0. The van der Waals surface area contributed by atoms with Gasteiger partial charge < -0.3 is 0 Å². The molecular formula is C9H12N4. The molecule has 68 valence electrons. The summed E-state index contributed by atoms with van der Waals surface area (Å²) in [5.74, 6) is 0.756. The van der Waals surface area contributed by atoms with Crippen molar-refractivity contribution in [3.63, 3.8) is 0 Å². The van der Waals surface area contributed by atoms with E-state index in [1.54, 1.807) is 12.4 Å². The molecule has 0 bridgehead atoms. The number of pyridine rings is 1. The molecule has 13 heavy (non-hydrogen) atoms. The van der Waals surface area contributed by atoms with Gasteiger partial charge in [0, 0.05) is 19.1 Å². The van der Waals surface area contributed by atoms with Gasteiger partial charge in [-0.15, -0.1) is 0 Å². The van der Waals surface area contributed by atoms with Crippen LogP contribution in [0.4, 0.5) is 0 Å². The molecule has 0 unspecified atom stereocenters. The van der Waals surface area contributed by atoms with E-state index in [2.05, 4.69) is 27.2 Å². The molecule has 0 aliphatic heterocycles. The highest BCUT2D eigenvalue weighted by atomic mass is 15.3. The van der Waals surface area contributed by atoms with E-state index in [4.69, 9.17) is 0 Å². The minimum Gasteiger partial charge on any atom is -0.267 e. The molecule has 0 aliphatic rings. The molecule has 0 fully saturated rings. The van der Waals surface area contributed by atoms with Crippen LogP contribution in [0.5, 0.6) is 0 Å². The second kappa shape index (κ2) is 5.03. The molecule has 0 saturated carbocycles. The number of hydrazone groups is 1. The number of nitrogens with zero attached hydrogens (tertiary/aromatic N) is 3. The lowest BCUT2D eigenvalue weighted by atomic mass is 10.3. The van der Waals surface area contributed by atoms with E-state index in [0.717, 1.165) is 11.4 Å². The minimum absolute atomic E-state index is 0.636. The quantitative estimate of drug-likeness (QED) is 0.427. The first-order valence-electron chi connectivity index (χ1n) is 3.94. The molecule has 1 N–H and O–H groups in total. The Morgan fingerprint density at radius 1 is 1.54 bits per heavy atom. The van der Waals surface area contributed by atoms with Crippen LogP contribution in [-0.2, 0) is 6.54 Å². The third-order valence-electron chi connectivity index (χ3n) is 1.49. The molecule has 4 nitrogen and oxygen atoms in total. The van der Waals surface area contributed by atoms with Crippen LogP contribution in [0.2, 0.25) is 0 Å². The SMILES string of the molecule is C=NNC(C)=NCc1ccncc1. The molecular weight excluding hydrogens is 164 g/mol. The number of aliphatic imine (C=N–C) groups is 1. The third kappa shape index (κ3) is 3.46. The first kappa shape index (κ1) is 9.38. The summed E-state index contributed by atoms with van der Waals surface area (Å²) < 4.78 is 0. The Labute approximate surface area is 77.4 Å². The first-order chi connectivity index (χ1) is 6.33. The second-order valence-electron chi connectivity index (χ2n) is 2.53. The van der Waals surface area contributed by atoms with Crippen molar-refractivity contribution in [1.82, 2.24) is 10.4 Å². The van der Waals surface area contributed by atoms with Gasteiger partial charge in [-0.05, 0) is 24.6 Å². The fourth-order valence-electron chi connectivity index (χ4n) is 0.848. The van der Waals surface area contributed by atoms with Gasteiger partial charge in [-0.3, -0.25) is 15.4 Å². The third-order valence-corrected chi connectivity index (χ3v) is 1.49. The Balaban J connectivity index is 2.51. The standard InChI is InChI=1S/C9H12N4/c1-8(13-10-2)12-7-9-3-5-11-6-4-9/h3-6H,2,7H2,1H3,(H,12,13). The van der Waals surface area contributed by atoms with Crippen LogP contribution in [0, 0.1) is 0 Å². The zero-order valence-electron chi connectivity index (χ0n) is 7.57. The molecule has 0 aliphatic carbocycles. The summed E-state index contributed by atoms with van der Waals surface area (Å²) in [6.07, 6.45) is 3.50. The fourth-order valence-corrected chi connectivity index (χ4v) is 0.848. The molecule has 0 saturated heterocycles. The summed E-state index contributed by atoms with van der Waals surface area (Å²) in [7, 11) is 0. The molecule has 1 aromatic heterocycles. The summed E-state index contributed by atoms with van der Waals surface area (Å²) in [6.45, 7) is 5.78. The second-order valence-corrected chi connectivity index (χ2v) is 2.53. The summed E-state index contributed by atoms with van der Waals surface area (Å²) in [5.41, 5.74) is 3.79. The van der Waals surface area contributed by atoms with Gasteiger partial charge in [-0.1, -0.05) is 0 Å². The van der Waals surface area contributed by atoms with E-state index in [1.165, 1.54) is 0 Å². The Bertz CT molecular complexity index is 292. The van der Waals surface area contributed by atoms with E-state index >= 15 is 0 Å². The summed E-state index contributed by atoms with van der Waals surface area (Å²) in [5, 5.41) is 3.50. The molecule has 0 aromatic carbocycles. The van der Waals surface area contributed by atoms with Crippen LogP contribution in [-0.4, -0.2) is 17.5 Å². The summed E-state index contributed by atoms with van der Waals surface area (Å²) >= 11 is 0. The molecule has 1 aromatic rings. The molecule has 0 amide bonds. The molecule has 0 spiro atoms. The van der Waals surface area contributed by atoms with Crippen molar-refractivity contribution in [2.75, 3.05) is 0 Å². The predicted molar refractivity (Wildman–Crippen MR) is 53.7 cm³/mol. The van der Waals surface area contributed by atoms with Crippen molar-refractivity contribution in [1.29, 1.82) is 0 Å². The largest absolute Gasteiger partial charge is 0.267 e. The molecule has 0 radical (unpaired) electrons. The number of nitrogens with one attached hydrogen (secondary N) is 1. The number of hydrogen-bond donors (Lipinski definition) is 1. The summed E-state index contributed by atoms with van der Waals surface area (Å²) in [4.78, 5) is 8.14. The van der Waals surface area contributed by atoms with Crippen molar-refractivity contribution in [2.45, 2.75) is 13.5 Å². The van der Waals surface area contributed by atoms with Gasteiger partial charge in [0.1, 0.15) is 5.84 Å². The van der Waals surface area contributed by atoms with Crippen LogP contribution < -0.4 is 5.43 Å². The van der Waals surface area contributed by atoms with E-state index in [9.17, 15) is 0 Å². The zero-order chi connectivity index (χ0) is 9.52. The molecule has 1 heterocycles. The van der Waals surface area contributed by atoms with E-state index in [-0.39, 0.29) is 0 Å². The molecule has 0 atom stereocenters. The Morgan fingerprint density at radius 2 is 2.23 bits per heavy atom. The summed E-state index contributed by atoms with van der Waals surface area (Å²) in [6, 6.07) is 3.86. The fraction of sp³-hybridized carbons (Fsp3) is 0.222. The van der Waals surface area contributed by atoms with Crippen LogP contribution in [0.1, 0.15) is 12.5 Å². The lowest BCUT2D eigenvalue weighted by molar-refractivity contribution is 0.971. The lowest BCUT2D eigenvalue weighted by Crippen LogP contribution is -2.12. The number of aromatic nitrogens is 1. The monoisotopic (exact) mass is 176 g/mol. The maximum absolute atomic E-state index is 4.23. The van der Waals surface area contributed by atoms with Gasteiger partial charge in [-0.2, -0.15) is 5.10 Å². The zero-order valence-corrected chi connectivity index (χ0v) is 7.57. The van der Waals surface area contributed by atoms with E-state index in [0.29, 0.717) is 6.54 Å². The highest BCUT2D eigenvalue weighted by Gasteiger charge is 1.89. The van der Waals surface area contributed by atoms with Crippen LogP contribution >= 0.6 is 0 Å². The first-order valence-corrected chi connectivity index (χ1v) is 3.94. The highest BCUT2D eigenvalue weighted by molar-refractivity contribution is 5.79. The smallest absolute Gasteiger partial charge is 0.114 e. The van der Waals surface area contributed by atoms with Crippen LogP contribution in [0.25, 0.3) is 0 Å². The maximum Gasteiger partial charge on any atom is 0.114 e. The van der Waals surface area contributed by atoms with E-state index < -0.39 is 0 Å². The average molecular weight is 176 g/mol. The van der Waals surface area contributed by atoms with Gasteiger partial charge in [0.15, 0.2) is 0 Å². The van der Waals surface area contributed by atoms with Crippen molar-refractivity contribution < 1.29 is 0 Å². The molecule has 4 heteroatoms. The van der Waals surface area contributed by atoms with E-state index in [1.807, 2.05) is 19.1 Å². The van der Waals surface area contributed by atoms with Crippen molar-refractivity contribution in [3.05, 3.63) is 30.1 Å². The maximum atomic E-state index is 4.23. The van der Waals surface area contributed by atoms with Crippen LogP contribution in [0.3, 0.4) is 0 Å². The van der Waals surface area contributed by atoms with Crippen molar-refractivity contribution in [2.24, 2.45) is 10.1 Å². The van der Waals surface area contributed by atoms with Crippen molar-refractivity contribution in [3.8, 4) is 0 Å². The predicted octanol–water partition coefficient (Wildman–Crippen LogP) is 1.21. The van der Waals surface area contributed by atoms with Gasteiger partial charge in [0.2, 0.25) is 0 Å². The van der Waals surface area contributed by atoms with Crippen molar-refractivity contribution >= 4 is 12.6 Å². The average Bonchev–Trinajstić information content (AvgIpc) is 2.17. The Morgan fingerprint density at radius 3 is 2.85 bits per heavy atom. The molecule has 1 rings (SSSR count). The Hall–Kier alpha value is -1.71. The van der Waals surface area contributed by atoms with Gasteiger partial charge >= 0.3 is 0 Å².